The van der Waals surface area contributed by atoms with Crippen LogP contribution in [0.25, 0.3) is 0 Å². The summed E-state index contributed by atoms with van der Waals surface area (Å²) >= 11 is 0. The number of aryl methyl sites for hydroxylation is 1. The molecule has 3 aliphatic heterocycles. The Kier molecular flexibility index (Phi) is 4.29. The normalized spacial score (nSPS) is 32.1. The highest BCUT2D eigenvalue weighted by Gasteiger charge is 2.52. The Morgan fingerprint density at radius 1 is 1.12 bits per heavy atom. The number of carbonyl (C=O) groups excluding carboxylic acids is 2. The van der Waals surface area contributed by atoms with Gasteiger partial charge in [0.05, 0.1) is 5.69 Å². The van der Waals surface area contributed by atoms with Crippen molar-refractivity contribution in [2.75, 3.05) is 13.1 Å². The summed E-state index contributed by atoms with van der Waals surface area (Å²) < 4.78 is 1.71. The van der Waals surface area contributed by atoms with Crippen LogP contribution in [0.15, 0.2) is 12.3 Å². The molecule has 0 spiro atoms. The summed E-state index contributed by atoms with van der Waals surface area (Å²) in [7, 11) is 1.83. The molecule has 3 aliphatic rings. The summed E-state index contributed by atoms with van der Waals surface area (Å²) in [6, 6.07) is 1.69. The molecule has 1 aromatic heterocycles. The van der Waals surface area contributed by atoms with Crippen LogP contribution in [-0.4, -0.2) is 61.7 Å². The summed E-state index contributed by atoms with van der Waals surface area (Å²) in [6.45, 7) is 3.54. The van der Waals surface area contributed by atoms with Crippen LogP contribution in [0.1, 0.15) is 51.1 Å². The van der Waals surface area contributed by atoms with E-state index in [0.29, 0.717) is 31.8 Å². The van der Waals surface area contributed by atoms with Crippen LogP contribution in [0.5, 0.6) is 0 Å². The van der Waals surface area contributed by atoms with Crippen molar-refractivity contribution in [3.8, 4) is 0 Å². The molecular weight excluding hydrogens is 332 g/mol. The molecule has 1 aromatic rings. The van der Waals surface area contributed by atoms with E-state index in [-0.39, 0.29) is 23.9 Å². The standard InChI is InChI=1S/C19H28N4O3/c1-13-6-9-22(10-7-13)17(24)18(25)23-14-3-4-15(23)12-19(26,11-14)16-5-8-20-21(16)2/h5,8,13-15,26H,3-4,6-7,9-12H2,1-2H3/t14-,15+,19?. The maximum Gasteiger partial charge on any atom is 0.312 e. The molecule has 4 rings (SSSR count). The van der Waals surface area contributed by atoms with E-state index in [1.807, 2.05) is 13.1 Å². The van der Waals surface area contributed by atoms with Gasteiger partial charge < -0.3 is 14.9 Å². The molecule has 142 valence electrons. The number of carbonyl (C=O) groups is 2. The molecular formula is C19H28N4O3. The molecule has 7 heteroatoms. The first-order valence-electron chi connectivity index (χ1n) is 9.71. The Bertz CT molecular complexity index is 693. The molecule has 4 heterocycles. The van der Waals surface area contributed by atoms with Crippen molar-refractivity contribution >= 4 is 11.8 Å². The molecule has 26 heavy (non-hydrogen) atoms. The first-order chi connectivity index (χ1) is 12.4. The minimum Gasteiger partial charge on any atom is -0.383 e. The average molecular weight is 360 g/mol. The van der Waals surface area contributed by atoms with E-state index in [2.05, 4.69) is 12.0 Å². The molecule has 1 N–H and O–H groups in total. The van der Waals surface area contributed by atoms with Crippen molar-refractivity contribution in [3.63, 3.8) is 0 Å². The lowest BCUT2D eigenvalue weighted by Crippen LogP contribution is -2.56. The van der Waals surface area contributed by atoms with Gasteiger partial charge in [0.25, 0.3) is 0 Å². The summed E-state index contributed by atoms with van der Waals surface area (Å²) in [6.07, 6.45) is 6.26. The summed E-state index contributed by atoms with van der Waals surface area (Å²) in [5, 5.41) is 15.4. The number of aliphatic hydroxyl groups is 1. The number of fused-ring (bicyclic) bond motifs is 2. The van der Waals surface area contributed by atoms with Crippen molar-refractivity contribution in [3.05, 3.63) is 18.0 Å². The second kappa shape index (κ2) is 6.37. The van der Waals surface area contributed by atoms with Crippen molar-refractivity contribution in [1.82, 2.24) is 19.6 Å². The van der Waals surface area contributed by atoms with E-state index < -0.39 is 5.60 Å². The van der Waals surface area contributed by atoms with Crippen LogP contribution < -0.4 is 0 Å². The van der Waals surface area contributed by atoms with E-state index in [1.54, 1.807) is 20.7 Å². The Labute approximate surface area is 153 Å². The quantitative estimate of drug-likeness (QED) is 0.759. The molecule has 2 bridgehead atoms. The fraction of sp³-hybridized carbons (Fsp3) is 0.737. The smallest absolute Gasteiger partial charge is 0.312 e. The van der Waals surface area contributed by atoms with Gasteiger partial charge in [-0.05, 0) is 37.7 Å². The number of hydrogen-bond acceptors (Lipinski definition) is 4. The van der Waals surface area contributed by atoms with Crippen molar-refractivity contribution in [1.29, 1.82) is 0 Å². The van der Waals surface area contributed by atoms with Crippen LogP contribution in [-0.2, 0) is 22.2 Å². The third kappa shape index (κ3) is 2.82. The molecule has 3 atom stereocenters. The number of piperidine rings is 2. The van der Waals surface area contributed by atoms with Crippen molar-refractivity contribution < 1.29 is 14.7 Å². The van der Waals surface area contributed by atoms with Crippen LogP contribution in [0.3, 0.4) is 0 Å². The molecule has 0 radical (unpaired) electrons. The molecule has 2 amide bonds. The van der Waals surface area contributed by atoms with Crippen LogP contribution in [0.4, 0.5) is 0 Å². The van der Waals surface area contributed by atoms with Gasteiger partial charge in [0.2, 0.25) is 0 Å². The molecule has 0 aromatic carbocycles. The van der Waals surface area contributed by atoms with Gasteiger partial charge in [-0.15, -0.1) is 0 Å². The van der Waals surface area contributed by atoms with Gasteiger partial charge in [0.15, 0.2) is 0 Å². The predicted molar refractivity (Wildman–Crippen MR) is 95.0 cm³/mol. The van der Waals surface area contributed by atoms with Crippen LogP contribution in [0, 0.1) is 5.92 Å². The van der Waals surface area contributed by atoms with Gasteiger partial charge in [-0.1, -0.05) is 6.92 Å². The third-order valence-corrected chi connectivity index (χ3v) is 6.55. The molecule has 3 fully saturated rings. The molecule has 1 unspecified atom stereocenters. The van der Waals surface area contributed by atoms with E-state index in [0.717, 1.165) is 31.4 Å². The Hall–Kier alpha value is -1.89. The Morgan fingerprint density at radius 2 is 1.73 bits per heavy atom. The van der Waals surface area contributed by atoms with Gasteiger partial charge in [0, 0.05) is 51.3 Å². The van der Waals surface area contributed by atoms with Gasteiger partial charge in [-0.2, -0.15) is 5.10 Å². The topological polar surface area (TPSA) is 78.7 Å². The van der Waals surface area contributed by atoms with E-state index >= 15 is 0 Å². The fourth-order valence-electron chi connectivity index (χ4n) is 5.05. The van der Waals surface area contributed by atoms with E-state index in [9.17, 15) is 14.7 Å². The number of likely N-dealkylation sites (tertiary alicyclic amines) is 1. The molecule has 0 aliphatic carbocycles. The molecule has 7 nitrogen and oxygen atoms in total. The maximum atomic E-state index is 12.9. The highest BCUT2D eigenvalue weighted by molar-refractivity contribution is 6.35. The fourth-order valence-corrected chi connectivity index (χ4v) is 5.05. The maximum absolute atomic E-state index is 12.9. The summed E-state index contributed by atoms with van der Waals surface area (Å²) in [4.78, 5) is 29.1. The van der Waals surface area contributed by atoms with Gasteiger partial charge in [-0.25, -0.2) is 0 Å². The van der Waals surface area contributed by atoms with Crippen LogP contribution in [0.2, 0.25) is 0 Å². The number of rotatable bonds is 1. The van der Waals surface area contributed by atoms with Crippen molar-refractivity contribution in [2.45, 2.75) is 63.1 Å². The highest BCUT2D eigenvalue weighted by Crippen LogP contribution is 2.45. The second-order valence-electron chi connectivity index (χ2n) is 8.35. The Balaban J connectivity index is 1.49. The van der Waals surface area contributed by atoms with Gasteiger partial charge >= 0.3 is 11.8 Å². The third-order valence-electron chi connectivity index (χ3n) is 6.55. The number of hydrogen-bond donors (Lipinski definition) is 1. The zero-order chi connectivity index (χ0) is 18.5. The molecule has 0 saturated carbocycles. The first-order valence-corrected chi connectivity index (χ1v) is 9.71. The predicted octanol–water partition coefficient (Wildman–Crippen LogP) is 1.02. The number of aromatic nitrogens is 2. The van der Waals surface area contributed by atoms with Gasteiger partial charge in [0.1, 0.15) is 5.60 Å². The SMILES string of the molecule is CC1CCN(C(=O)C(=O)N2[C@@H]3CC[C@H]2CC(O)(c2ccnn2C)C3)CC1. The van der Waals surface area contributed by atoms with E-state index in [1.165, 1.54) is 0 Å². The van der Waals surface area contributed by atoms with E-state index in [4.69, 9.17) is 0 Å². The first kappa shape index (κ1) is 17.5. The van der Waals surface area contributed by atoms with Crippen LogP contribution >= 0.6 is 0 Å². The summed E-state index contributed by atoms with van der Waals surface area (Å²) in [5.74, 6) is -0.117. The average Bonchev–Trinajstić information content (AvgIpc) is 3.17. The minimum absolute atomic E-state index is 0.0752. The monoisotopic (exact) mass is 360 g/mol. The highest BCUT2D eigenvalue weighted by atomic mass is 16.3. The largest absolute Gasteiger partial charge is 0.383 e. The second-order valence-corrected chi connectivity index (χ2v) is 8.35. The lowest BCUT2D eigenvalue weighted by atomic mass is 9.83. The number of amides is 2. The zero-order valence-electron chi connectivity index (χ0n) is 15.6. The van der Waals surface area contributed by atoms with Crippen molar-refractivity contribution in [2.24, 2.45) is 13.0 Å². The zero-order valence-corrected chi connectivity index (χ0v) is 15.6. The Morgan fingerprint density at radius 3 is 2.27 bits per heavy atom. The lowest BCUT2D eigenvalue weighted by Gasteiger charge is -2.44. The molecule has 3 saturated heterocycles. The summed E-state index contributed by atoms with van der Waals surface area (Å²) in [5.41, 5.74) is -0.185. The minimum atomic E-state index is -0.975. The van der Waals surface area contributed by atoms with Gasteiger partial charge in [-0.3, -0.25) is 14.3 Å². The lowest BCUT2D eigenvalue weighted by molar-refractivity contribution is -0.159. The number of nitrogens with zero attached hydrogens (tertiary/aromatic N) is 4.